The van der Waals surface area contributed by atoms with Crippen LogP contribution in [-0.2, 0) is 9.53 Å². The molecule has 0 aliphatic carbocycles. The number of hydrogen-bond acceptors (Lipinski definition) is 6. The van der Waals surface area contributed by atoms with Crippen LogP contribution in [0.25, 0.3) is 5.57 Å². The fraction of sp³-hybridized carbons (Fsp3) is 0.438. The van der Waals surface area contributed by atoms with Gasteiger partial charge in [-0.25, -0.2) is 0 Å². The number of rotatable bonds is 5. The number of nitrogens with zero attached hydrogens (tertiary/aromatic N) is 3. The lowest BCUT2D eigenvalue weighted by Gasteiger charge is -2.28. The predicted octanol–water partition coefficient (Wildman–Crippen LogP) is 2.60. The topological polar surface area (TPSA) is 68.5 Å². The number of esters is 1. The summed E-state index contributed by atoms with van der Waals surface area (Å²) in [4.78, 5) is 18.0. The first-order valence-electron chi connectivity index (χ1n) is 7.31. The van der Waals surface area contributed by atoms with Gasteiger partial charge in [0.15, 0.2) is 0 Å². The van der Waals surface area contributed by atoms with Crippen molar-refractivity contribution in [2.45, 2.75) is 19.8 Å². The molecule has 0 amide bonds. The van der Waals surface area contributed by atoms with Gasteiger partial charge in [-0.15, -0.1) is 0 Å². The van der Waals surface area contributed by atoms with Crippen LogP contribution in [0.3, 0.4) is 0 Å². The number of carbonyl (C=O) groups excluding carboxylic acids is 1. The molecule has 6 nitrogen and oxygen atoms in total. The van der Waals surface area contributed by atoms with E-state index in [2.05, 4.69) is 16.7 Å². The highest BCUT2D eigenvalue weighted by Crippen LogP contribution is 2.24. The third-order valence-electron chi connectivity index (χ3n) is 3.62. The summed E-state index contributed by atoms with van der Waals surface area (Å²) in [7, 11) is 1.42. The fourth-order valence-electron chi connectivity index (χ4n) is 2.45. The van der Waals surface area contributed by atoms with Crippen LogP contribution in [-0.4, -0.2) is 36.3 Å². The van der Waals surface area contributed by atoms with Gasteiger partial charge in [-0.05, 0) is 19.8 Å². The predicted molar refractivity (Wildman–Crippen MR) is 84.2 cm³/mol. The number of piperidine rings is 1. The van der Waals surface area contributed by atoms with Gasteiger partial charge in [-0.2, -0.15) is 4.98 Å². The number of ether oxygens (including phenoxy) is 1. The zero-order valence-electron chi connectivity index (χ0n) is 13.0. The van der Waals surface area contributed by atoms with E-state index in [1.165, 1.54) is 7.11 Å². The van der Waals surface area contributed by atoms with Gasteiger partial charge in [0, 0.05) is 18.7 Å². The average Bonchev–Trinajstić information content (AvgIpc) is 3.04. The molecule has 0 unspecified atom stereocenters. The minimum Gasteiger partial charge on any atom is -0.469 e. The molecule has 1 aliphatic rings. The van der Waals surface area contributed by atoms with E-state index in [-0.39, 0.29) is 11.9 Å². The molecule has 0 spiro atoms. The van der Waals surface area contributed by atoms with E-state index in [0.717, 1.165) is 18.4 Å². The van der Waals surface area contributed by atoms with Crippen LogP contribution in [0.15, 0.2) is 35.4 Å². The number of aromatic nitrogens is 2. The molecule has 0 aromatic carbocycles. The van der Waals surface area contributed by atoms with Crippen LogP contribution in [0.2, 0.25) is 0 Å². The van der Waals surface area contributed by atoms with E-state index in [4.69, 9.17) is 9.26 Å². The molecule has 0 N–H and O–H groups in total. The molecule has 0 saturated carbocycles. The molecule has 0 radical (unpaired) electrons. The Bertz CT molecular complexity index is 581. The highest BCUT2D eigenvalue weighted by Gasteiger charge is 2.28. The highest BCUT2D eigenvalue weighted by molar-refractivity contribution is 5.73. The first-order valence-corrected chi connectivity index (χ1v) is 7.31. The fourth-order valence-corrected chi connectivity index (χ4v) is 2.45. The van der Waals surface area contributed by atoms with Crippen molar-refractivity contribution in [2.75, 3.05) is 25.1 Å². The van der Waals surface area contributed by atoms with Crippen LogP contribution in [0, 0.1) is 5.92 Å². The first-order chi connectivity index (χ1) is 10.7. The Kier molecular flexibility index (Phi) is 5.52. The van der Waals surface area contributed by atoms with Gasteiger partial charge in [0.05, 0.1) is 13.0 Å². The minimum atomic E-state index is -0.143. The molecule has 1 saturated heterocycles. The molecule has 6 heteroatoms. The number of carbonyl (C=O) groups is 1. The second-order valence-corrected chi connectivity index (χ2v) is 5.04. The van der Waals surface area contributed by atoms with Gasteiger partial charge < -0.3 is 14.2 Å². The summed E-state index contributed by atoms with van der Waals surface area (Å²) in [6, 6.07) is 0.484. The van der Waals surface area contributed by atoms with Gasteiger partial charge >= 0.3 is 12.0 Å². The second kappa shape index (κ2) is 7.59. The van der Waals surface area contributed by atoms with Crippen LogP contribution >= 0.6 is 0 Å². The second-order valence-electron chi connectivity index (χ2n) is 5.04. The smallest absolute Gasteiger partial charge is 0.324 e. The molecule has 22 heavy (non-hydrogen) atoms. The van der Waals surface area contributed by atoms with Crippen molar-refractivity contribution in [2.24, 2.45) is 5.92 Å². The number of methoxy groups -OCH3 is 1. The summed E-state index contributed by atoms with van der Waals surface area (Å²) in [5, 5.41) is 4.01. The Labute approximate surface area is 130 Å². The van der Waals surface area contributed by atoms with E-state index >= 15 is 0 Å². The van der Waals surface area contributed by atoms with Crippen molar-refractivity contribution in [1.29, 1.82) is 0 Å². The molecule has 1 aromatic heterocycles. The third-order valence-corrected chi connectivity index (χ3v) is 3.62. The number of allylic oxidation sites excluding steroid dienone is 5. The van der Waals surface area contributed by atoms with Crippen LogP contribution in [0.4, 0.5) is 6.01 Å². The van der Waals surface area contributed by atoms with Crippen LogP contribution in [0.1, 0.15) is 25.6 Å². The normalized spacial score (nSPS) is 17.0. The molecule has 2 heterocycles. The monoisotopic (exact) mass is 303 g/mol. The quantitative estimate of drug-likeness (QED) is 0.615. The molecule has 1 aromatic rings. The third kappa shape index (κ3) is 3.63. The van der Waals surface area contributed by atoms with Gasteiger partial charge in [-0.3, -0.25) is 4.79 Å². The lowest BCUT2D eigenvalue weighted by molar-refractivity contribution is -0.146. The zero-order chi connectivity index (χ0) is 15.9. The largest absolute Gasteiger partial charge is 0.469 e. The SMILES string of the molecule is C=C/C=C(\C=C/C)c1noc(N2CCC(C(=O)OC)CC2)n1. The molecule has 2 rings (SSSR count). The van der Waals surface area contributed by atoms with Crippen molar-refractivity contribution >= 4 is 17.6 Å². The van der Waals surface area contributed by atoms with Gasteiger partial charge in [0.25, 0.3) is 0 Å². The Morgan fingerprint density at radius 1 is 1.45 bits per heavy atom. The lowest BCUT2D eigenvalue weighted by atomic mass is 9.97. The van der Waals surface area contributed by atoms with E-state index < -0.39 is 0 Å². The van der Waals surface area contributed by atoms with Crippen molar-refractivity contribution in [3.8, 4) is 0 Å². The molecule has 118 valence electrons. The average molecular weight is 303 g/mol. The van der Waals surface area contributed by atoms with Gasteiger partial charge in [0.1, 0.15) is 0 Å². The Balaban J connectivity index is 2.05. The summed E-state index contributed by atoms with van der Waals surface area (Å²) in [5.74, 6) is 0.348. The van der Waals surface area contributed by atoms with E-state index in [1.807, 2.05) is 30.1 Å². The molecule has 1 aliphatic heterocycles. The summed E-state index contributed by atoms with van der Waals surface area (Å²) in [6.07, 6.45) is 8.79. The molecule has 0 bridgehead atoms. The summed E-state index contributed by atoms with van der Waals surface area (Å²) < 4.78 is 10.1. The van der Waals surface area contributed by atoms with Crippen molar-refractivity contribution in [3.05, 3.63) is 36.7 Å². The molecule has 1 fully saturated rings. The van der Waals surface area contributed by atoms with E-state index in [0.29, 0.717) is 24.9 Å². The maximum Gasteiger partial charge on any atom is 0.324 e. The standard InChI is InChI=1S/C16H21N3O3/c1-4-6-12(7-5-2)14-17-16(22-18-14)19-10-8-13(9-11-19)15(20)21-3/h4-7,13H,1,8-11H2,2-3H3/b7-5-,12-6+. The zero-order valence-corrected chi connectivity index (χ0v) is 13.0. The van der Waals surface area contributed by atoms with Crippen LogP contribution < -0.4 is 4.90 Å². The van der Waals surface area contributed by atoms with E-state index in [9.17, 15) is 4.79 Å². The van der Waals surface area contributed by atoms with Gasteiger partial charge in [0.2, 0.25) is 5.82 Å². The highest BCUT2D eigenvalue weighted by atomic mass is 16.5. The molecular weight excluding hydrogens is 282 g/mol. The van der Waals surface area contributed by atoms with Crippen molar-refractivity contribution in [1.82, 2.24) is 10.1 Å². The van der Waals surface area contributed by atoms with Gasteiger partial charge in [-0.1, -0.05) is 36.0 Å². The first kappa shape index (κ1) is 16.0. The number of hydrogen-bond donors (Lipinski definition) is 0. The Morgan fingerprint density at radius 3 is 2.77 bits per heavy atom. The molecular formula is C16H21N3O3. The maximum atomic E-state index is 11.5. The van der Waals surface area contributed by atoms with Crippen molar-refractivity contribution in [3.63, 3.8) is 0 Å². The Hall–Kier alpha value is -2.37. The lowest BCUT2D eigenvalue weighted by Crippen LogP contribution is -2.36. The number of anilines is 1. The summed E-state index contributed by atoms with van der Waals surface area (Å²) in [5.41, 5.74) is 0.844. The Morgan fingerprint density at radius 2 is 2.18 bits per heavy atom. The minimum absolute atomic E-state index is 0.0390. The summed E-state index contributed by atoms with van der Waals surface area (Å²) in [6.45, 7) is 7.01. The van der Waals surface area contributed by atoms with E-state index in [1.54, 1.807) is 6.08 Å². The summed E-state index contributed by atoms with van der Waals surface area (Å²) >= 11 is 0. The maximum absolute atomic E-state index is 11.5. The van der Waals surface area contributed by atoms with Crippen LogP contribution in [0.5, 0.6) is 0 Å². The molecule has 0 atom stereocenters. The van der Waals surface area contributed by atoms with Crippen molar-refractivity contribution < 1.29 is 14.1 Å².